The SMILES string of the molecule is CC1C(=O)NC(C(C)(C)C)C(=O)N1CCc1ccccc1. The van der Waals surface area contributed by atoms with Gasteiger partial charge in [0, 0.05) is 6.54 Å². The molecule has 1 aliphatic heterocycles. The summed E-state index contributed by atoms with van der Waals surface area (Å²) in [6, 6.07) is 9.18. The van der Waals surface area contributed by atoms with Gasteiger partial charge in [-0.1, -0.05) is 51.1 Å². The molecule has 1 heterocycles. The highest BCUT2D eigenvalue weighted by Gasteiger charge is 2.43. The molecule has 1 fully saturated rings. The van der Waals surface area contributed by atoms with Crippen LogP contribution in [0.3, 0.4) is 0 Å². The van der Waals surface area contributed by atoms with Crippen molar-refractivity contribution in [3.63, 3.8) is 0 Å². The first-order valence-corrected chi connectivity index (χ1v) is 7.45. The van der Waals surface area contributed by atoms with Crippen LogP contribution in [0, 0.1) is 5.41 Å². The molecule has 0 spiro atoms. The molecule has 0 aliphatic carbocycles. The van der Waals surface area contributed by atoms with Crippen molar-refractivity contribution in [2.45, 2.75) is 46.2 Å². The second kappa shape index (κ2) is 5.88. The molecule has 0 bridgehead atoms. The molecule has 2 unspecified atom stereocenters. The smallest absolute Gasteiger partial charge is 0.246 e. The van der Waals surface area contributed by atoms with Crippen LogP contribution in [-0.2, 0) is 16.0 Å². The summed E-state index contributed by atoms with van der Waals surface area (Å²) in [5.41, 5.74) is 0.897. The van der Waals surface area contributed by atoms with Crippen LogP contribution >= 0.6 is 0 Å². The third-order valence-electron chi connectivity index (χ3n) is 4.01. The number of carbonyl (C=O) groups is 2. The van der Waals surface area contributed by atoms with Crippen LogP contribution in [0.25, 0.3) is 0 Å². The summed E-state index contributed by atoms with van der Waals surface area (Å²) in [5, 5.41) is 2.85. The van der Waals surface area contributed by atoms with Crippen LogP contribution in [0.4, 0.5) is 0 Å². The monoisotopic (exact) mass is 288 g/mol. The van der Waals surface area contributed by atoms with Gasteiger partial charge in [0.2, 0.25) is 11.8 Å². The number of piperazine rings is 1. The molecule has 4 heteroatoms. The summed E-state index contributed by atoms with van der Waals surface area (Å²) in [5.74, 6) is -0.0480. The standard InChI is InChI=1S/C17H24N2O2/c1-12-15(20)18-14(17(2,3)4)16(21)19(12)11-10-13-8-6-5-7-9-13/h5-9,12,14H,10-11H2,1-4H3,(H,18,20). The van der Waals surface area contributed by atoms with E-state index in [1.807, 2.05) is 51.1 Å². The van der Waals surface area contributed by atoms with E-state index in [1.54, 1.807) is 11.8 Å². The minimum Gasteiger partial charge on any atom is -0.342 e. The van der Waals surface area contributed by atoms with Gasteiger partial charge in [0.1, 0.15) is 12.1 Å². The van der Waals surface area contributed by atoms with Crippen LogP contribution in [0.1, 0.15) is 33.3 Å². The minimum atomic E-state index is -0.447. The molecule has 1 aliphatic rings. The maximum absolute atomic E-state index is 12.7. The Morgan fingerprint density at radius 2 is 1.76 bits per heavy atom. The molecular weight excluding hydrogens is 264 g/mol. The maximum atomic E-state index is 12.7. The fourth-order valence-electron chi connectivity index (χ4n) is 2.61. The van der Waals surface area contributed by atoms with Crippen molar-refractivity contribution in [2.24, 2.45) is 5.41 Å². The highest BCUT2D eigenvalue weighted by Crippen LogP contribution is 2.25. The Bertz CT molecular complexity index is 519. The van der Waals surface area contributed by atoms with Crippen molar-refractivity contribution < 1.29 is 9.59 Å². The third-order valence-corrected chi connectivity index (χ3v) is 4.01. The number of hydrogen-bond donors (Lipinski definition) is 1. The van der Waals surface area contributed by atoms with Crippen LogP contribution in [-0.4, -0.2) is 35.3 Å². The Labute approximate surface area is 126 Å². The summed E-state index contributed by atoms with van der Waals surface area (Å²) in [6.07, 6.45) is 0.765. The van der Waals surface area contributed by atoms with Crippen LogP contribution in [0.15, 0.2) is 30.3 Å². The molecule has 2 atom stereocenters. The first-order valence-electron chi connectivity index (χ1n) is 7.45. The second-order valence-corrected chi connectivity index (χ2v) is 6.75. The van der Waals surface area contributed by atoms with Gasteiger partial charge in [-0.3, -0.25) is 9.59 Å². The zero-order valence-corrected chi connectivity index (χ0v) is 13.2. The number of carbonyl (C=O) groups excluding carboxylic acids is 2. The van der Waals surface area contributed by atoms with Gasteiger partial charge in [0.15, 0.2) is 0 Å². The van der Waals surface area contributed by atoms with E-state index in [9.17, 15) is 9.59 Å². The molecule has 1 N–H and O–H groups in total. The lowest BCUT2D eigenvalue weighted by molar-refractivity contribution is -0.151. The molecule has 1 saturated heterocycles. The summed E-state index contributed by atoms with van der Waals surface area (Å²) < 4.78 is 0. The van der Waals surface area contributed by atoms with Gasteiger partial charge in [0.25, 0.3) is 0 Å². The molecule has 0 saturated carbocycles. The number of nitrogens with one attached hydrogen (secondary N) is 1. The quantitative estimate of drug-likeness (QED) is 0.924. The Morgan fingerprint density at radius 1 is 1.14 bits per heavy atom. The largest absolute Gasteiger partial charge is 0.342 e. The maximum Gasteiger partial charge on any atom is 0.246 e. The number of benzene rings is 1. The Hall–Kier alpha value is -1.84. The number of rotatable bonds is 3. The number of nitrogens with zero attached hydrogens (tertiary/aromatic N) is 1. The topological polar surface area (TPSA) is 49.4 Å². The van der Waals surface area contributed by atoms with Crippen LogP contribution < -0.4 is 5.32 Å². The number of amides is 2. The average molecular weight is 288 g/mol. The molecule has 1 aromatic carbocycles. The molecule has 4 nitrogen and oxygen atoms in total. The third kappa shape index (κ3) is 3.43. The first kappa shape index (κ1) is 15.5. The fraction of sp³-hybridized carbons (Fsp3) is 0.529. The lowest BCUT2D eigenvalue weighted by Crippen LogP contribution is -2.66. The van der Waals surface area contributed by atoms with Crippen molar-refractivity contribution in [1.29, 1.82) is 0 Å². The minimum absolute atomic E-state index is 0.0190. The van der Waals surface area contributed by atoms with Gasteiger partial charge in [-0.15, -0.1) is 0 Å². The van der Waals surface area contributed by atoms with E-state index in [0.29, 0.717) is 6.54 Å². The highest BCUT2D eigenvalue weighted by molar-refractivity contribution is 5.97. The zero-order valence-electron chi connectivity index (χ0n) is 13.2. The molecule has 1 aromatic rings. The van der Waals surface area contributed by atoms with E-state index in [4.69, 9.17) is 0 Å². The van der Waals surface area contributed by atoms with Crippen molar-refractivity contribution in [2.75, 3.05) is 6.54 Å². The molecule has 2 amide bonds. The lowest BCUT2D eigenvalue weighted by atomic mass is 9.84. The van der Waals surface area contributed by atoms with E-state index in [1.165, 1.54) is 5.56 Å². The molecule has 2 rings (SSSR count). The van der Waals surface area contributed by atoms with Crippen LogP contribution in [0.2, 0.25) is 0 Å². The predicted molar refractivity (Wildman–Crippen MR) is 82.7 cm³/mol. The Balaban J connectivity index is 2.12. The number of hydrogen-bond acceptors (Lipinski definition) is 2. The zero-order chi connectivity index (χ0) is 15.6. The predicted octanol–water partition coefficient (Wildman–Crippen LogP) is 1.99. The van der Waals surface area contributed by atoms with Crippen molar-refractivity contribution in [3.8, 4) is 0 Å². The summed E-state index contributed by atoms with van der Waals surface area (Å²) in [4.78, 5) is 26.5. The first-order chi connectivity index (χ1) is 9.80. The summed E-state index contributed by atoms with van der Waals surface area (Å²) >= 11 is 0. The lowest BCUT2D eigenvalue weighted by Gasteiger charge is -2.42. The van der Waals surface area contributed by atoms with Gasteiger partial charge in [-0.05, 0) is 24.3 Å². The van der Waals surface area contributed by atoms with E-state index < -0.39 is 12.1 Å². The summed E-state index contributed by atoms with van der Waals surface area (Å²) in [6.45, 7) is 8.28. The van der Waals surface area contributed by atoms with E-state index in [2.05, 4.69) is 5.32 Å². The van der Waals surface area contributed by atoms with Crippen molar-refractivity contribution in [1.82, 2.24) is 10.2 Å². The molecular formula is C17H24N2O2. The summed E-state index contributed by atoms with van der Waals surface area (Å²) in [7, 11) is 0. The van der Waals surface area contributed by atoms with Crippen LogP contribution in [0.5, 0.6) is 0 Å². The van der Waals surface area contributed by atoms with Gasteiger partial charge in [-0.2, -0.15) is 0 Å². The Morgan fingerprint density at radius 3 is 2.33 bits per heavy atom. The van der Waals surface area contributed by atoms with Crippen molar-refractivity contribution >= 4 is 11.8 Å². The molecule has 0 radical (unpaired) electrons. The normalized spacial score (nSPS) is 23.1. The molecule has 21 heavy (non-hydrogen) atoms. The van der Waals surface area contributed by atoms with Gasteiger partial charge >= 0.3 is 0 Å². The fourth-order valence-corrected chi connectivity index (χ4v) is 2.61. The average Bonchev–Trinajstić information content (AvgIpc) is 2.42. The molecule has 0 aromatic heterocycles. The highest BCUT2D eigenvalue weighted by atomic mass is 16.2. The van der Waals surface area contributed by atoms with Crippen molar-refractivity contribution in [3.05, 3.63) is 35.9 Å². The van der Waals surface area contributed by atoms with E-state index >= 15 is 0 Å². The van der Waals surface area contributed by atoms with E-state index in [0.717, 1.165) is 6.42 Å². The second-order valence-electron chi connectivity index (χ2n) is 6.75. The van der Waals surface area contributed by atoms with Gasteiger partial charge in [-0.25, -0.2) is 0 Å². The molecule has 114 valence electrons. The van der Waals surface area contributed by atoms with E-state index in [-0.39, 0.29) is 17.2 Å². The Kier molecular flexibility index (Phi) is 4.35. The van der Waals surface area contributed by atoms with Gasteiger partial charge in [0.05, 0.1) is 0 Å². The van der Waals surface area contributed by atoms with Gasteiger partial charge < -0.3 is 10.2 Å².